The van der Waals surface area contributed by atoms with E-state index in [-0.39, 0.29) is 31.3 Å². The van der Waals surface area contributed by atoms with Crippen LogP contribution in [0.1, 0.15) is 39.6 Å². The van der Waals surface area contributed by atoms with E-state index in [0.717, 1.165) is 5.52 Å². The number of aromatic amines is 1. The number of hydrogen-bond acceptors (Lipinski definition) is 5. The van der Waals surface area contributed by atoms with Gasteiger partial charge in [-0.1, -0.05) is 36.4 Å². The largest absolute Gasteiger partial charge is 0.481 e. The summed E-state index contributed by atoms with van der Waals surface area (Å²) in [6.07, 6.45) is 1.48. The Morgan fingerprint density at radius 3 is 2.59 bits per heavy atom. The van der Waals surface area contributed by atoms with Crippen molar-refractivity contribution in [2.24, 2.45) is 0 Å². The van der Waals surface area contributed by atoms with E-state index in [0.29, 0.717) is 33.8 Å². The molecule has 0 radical (unpaired) electrons. The molecule has 9 heteroatoms. The molecule has 0 saturated carbocycles. The highest BCUT2D eigenvalue weighted by molar-refractivity contribution is 6.11. The maximum absolute atomic E-state index is 13.5. The summed E-state index contributed by atoms with van der Waals surface area (Å²) in [6, 6.07) is 17.7. The van der Waals surface area contributed by atoms with Gasteiger partial charge in [0.05, 0.1) is 18.5 Å². The van der Waals surface area contributed by atoms with Crippen molar-refractivity contribution in [1.82, 2.24) is 20.3 Å². The minimum atomic E-state index is -0.964. The van der Waals surface area contributed by atoms with Gasteiger partial charge in [-0.05, 0) is 35.4 Å². The van der Waals surface area contributed by atoms with Crippen LogP contribution >= 0.6 is 0 Å². The summed E-state index contributed by atoms with van der Waals surface area (Å²) in [5.41, 5.74) is 3.58. The molecule has 4 aromatic rings. The number of H-pyrrole nitrogens is 1. The van der Waals surface area contributed by atoms with Crippen LogP contribution in [-0.4, -0.2) is 44.4 Å². The third-order valence-electron chi connectivity index (χ3n) is 5.85. The molecule has 170 valence electrons. The van der Waals surface area contributed by atoms with Gasteiger partial charge in [0.1, 0.15) is 12.4 Å². The van der Waals surface area contributed by atoms with Crippen molar-refractivity contribution in [1.29, 1.82) is 0 Å². The number of amides is 2. The van der Waals surface area contributed by atoms with Crippen LogP contribution in [0.4, 0.5) is 5.69 Å². The van der Waals surface area contributed by atoms with Crippen molar-refractivity contribution in [3.05, 3.63) is 89.4 Å². The minimum absolute atomic E-state index is 0.150. The van der Waals surface area contributed by atoms with Gasteiger partial charge in [0, 0.05) is 23.4 Å². The second-order valence-electron chi connectivity index (χ2n) is 8.02. The number of anilines is 1. The van der Waals surface area contributed by atoms with Crippen molar-refractivity contribution in [2.45, 2.75) is 18.9 Å². The number of benzene rings is 2. The molecule has 5 rings (SSSR count). The highest BCUT2D eigenvalue weighted by Crippen LogP contribution is 2.40. The molecule has 34 heavy (non-hydrogen) atoms. The molecule has 1 aliphatic rings. The monoisotopic (exact) mass is 455 g/mol. The second kappa shape index (κ2) is 8.78. The first-order valence-corrected chi connectivity index (χ1v) is 10.8. The van der Waals surface area contributed by atoms with Crippen LogP contribution in [0.25, 0.3) is 11.2 Å². The molecule has 9 nitrogen and oxygen atoms in total. The maximum atomic E-state index is 13.5. The lowest BCUT2D eigenvalue weighted by Crippen LogP contribution is -2.40. The number of nitrogens with zero attached hydrogens (tertiary/aromatic N) is 3. The van der Waals surface area contributed by atoms with Gasteiger partial charge in [-0.25, -0.2) is 9.97 Å². The third-order valence-corrected chi connectivity index (χ3v) is 5.85. The number of carboxylic acids is 1. The summed E-state index contributed by atoms with van der Waals surface area (Å²) in [4.78, 5) is 51.1. The number of imidazole rings is 1. The fraction of sp³-hybridized carbons (Fsp3) is 0.160. The van der Waals surface area contributed by atoms with Crippen LogP contribution in [0.15, 0.2) is 66.9 Å². The number of aliphatic carboxylic acids is 1. The lowest BCUT2D eigenvalue weighted by atomic mass is 9.86. The molecule has 1 atom stereocenters. The summed E-state index contributed by atoms with van der Waals surface area (Å²) in [5, 5.41) is 12.3. The van der Waals surface area contributed by atoms with Gasteiger partial charge in [-0.2, -0.15) is 0 Å². The SMILES string of the molecule is O=C(O)CC1c2ccccc2C(=O)N(CC(=O)NCc2nc3ncccc3[nH]2)c2ccccc21. The Labute approximate surface area is 194 Å². The molecule has 0 aliphatic carbocycles. The smallest absolute Gasteiger partial charge is 0.304 e. The minimum Gasteiger partial charge on any atom is -0.481 e. The van der Waals surface area contributed by atoms with Crippen LogP contribution in [0.2, 0.25) is 0 Å². The van der Waals surface area contributed by atoms with Gasteiger partial charge < -0.3 is 15.4 Å². The van der Waals surface area contributed by atoms with Crippen LogP contribution in [0.5, 0.6) is 0 Å². The molecule has 1 unspecified atom stereocenters. The number of carbonyl (C=O) groups is 3. The number of carbonyl (C=O) groups excluding carboxylic acids is 2. The molecule has 1 aliphatic heterocycles. The number of para-hydroxylation sites is 1. The fourth-order valence-electron chi connectivity index (χ4n) is 4.36. The van der Waals surface area contributed by atoms with E-state index in [1.54, 1.807) is 54.7 Å². The van der Waals surface area contributed by atoms with Gasteiger partial charge in [0.25, 0.3) is 5.91 Å². The highest BCUT2D eigenvalue weighted by atomic mass is 16.4. The summed E-state index contributed by atoms with van der Waals surface area (Å²) in [6.45, 7) is -0.0699. The van der Waals surface area contributed by atoms with Gasteiger partial charge >= 0.3 is 5.97 Å². The number of carboxylic acid groups (broad SMARTS) is 1. The highest BCUT2D eigenvalue weighted by Gasteiger charge is 2.34. The first kappa shape index (κ1) is 21.3. The number of rotatable bonds is 6. The van der Waals surface area contributed by atoms with Crippen LogP contribution in [0.3, 0.4) is 0 Å². The summed E-state index contributed by atoms with van der Waals surface area (Å²) in [7, 11) is 0. The topological polar surface area (TPSA) is 128 Å². The zero-order valence-corrected chi connectivity index (χ0v) is 18.1. The Morgan fingerprint density at radius 2 is 1.79 bits per heavy atom. The Bertz CT molecular complexity index is 1380. The van der Waals surface area contributed by atoms with Gasteiger partial charge in [-0.15, -0.1) is 0 Å². The van der Waals surface area contributed by atoms with Crippen molar-refractivity contribution >= 4 is 34.6 Å². The van der Waals surface area contributed by atoms with E-state index in [1.165, 1.54) is 4.90 Å². The Hall–Kier alpha value is -4.53. The predicted molar refractivity (Wildman–Crippen MR) is 124 cm³/mol. The normalized spacial score (nSPS) is 14.9. The number of nitrogens with one attached hydrogen (secondary N) is 2. The molecule has 2 amide bonds. The average molecular weight is 455 g/mol. The van der Waals surface area contributed by atoms with Crippen molar-refractivity contribution in [3.8, 4) is 0 Å². The molecular weight excluding hydrogens is 434 g/mol. The van der Waals surface area contributed by atoms with E-state index in [9.17, 15) is 19.5 Å². The van der Waals surface area contributed by atoms with Crippen molar-refractivity contribution in [2.75, 3.05) is 11.4 Å². The molecule has 3 heterocycles. The molecule has 2 aromatic carbocycles. The zero-order valence-electron chi connectivity index (χ0n) is 18.1. The van der Waals surface area contributed by atoms with Gasteiger partial charge in [-0.3, -0.25) is 19.3 Å². The van der Waals surface area contributed by atoms with Crippen molar-refractivity contribution < 1.29 is 19.5 Å². The molecule has 0 fully saturated rings. The Kier molecular flexibility index (Phi) is 5.51. The van der Waals surface area contributed by atoms with Gasteiger partial charge in [0.2, 0.25) is 5.91 Å². The number of fused-ring (bicyclic) bond motifs is 3. The quantitative estimate of drug-likeness (QED) is 0.410. The number of aromatic nitrogens is 3. The molecular formula is C25H21N5O4. The summed E-state index contributed by atoms with van der Waals surface area (Å²) >= 11 is 0. The number of hydrogen-bond donors (Lipinski definition) is 3. The first-order valence-electron chi connectivity index (χ1n) is 10.8. The van der Waals surface area contributed by atoms with E-state index < -0.39 is 11.9 Å². The van der Waals surface area contributed by atoms with E-state index in [4.69, 9.17) is 0 Å². The summed E-state index contributed by atoms with van der Waals surface area (Å²) in [5.74, 6) is -1.64. The van der Waals surface area contributed by atoms with Crippen LogP contribution < -0.4 is 10.2 Å². The molecule has 0 saturated heterocycles. The Balaban J connectivity index is 1.43. The Morgan fingerprint density at radius 1 is 1.03 bits per heavy atom. The second-order valence-corrected chi connectivity index (χ2v) is 8.02. The molecule has 3 N–H and O–H groups in total. The van der Waals surface area contributed by atoms with E-state index >= 15 is 0 Å². The van der Waals surface area contributed by atoms with Crippen LogP contribution in [0, 0.1) is 0 Å². The molecule has 2 aromatic heterocycles. The first-order chi connectivity index (χ1) is 16.5. The zero-order chi connectivity index (χ0) is 23.7. The third kappa shape index (κ3) is 3.99. The summed E-state index contributed by atoms with van der Waals surface area (Å²) < 4.78 is 0. The van der Waals surface area contributed by atoms with Gasteiger partial charge in [0.15, 0.2) is 5.65 Å². The lowest BCUT2D eigenvalue weighted by molar-refractivity contribution is -0.137. The van der Waals surface area contributed by atoms with Crippen LogP contribution in [-0.2, 0) is 16.1 Å². The lowest BCUT2D eigenvalue weighted by Gasteiger charge is -2.23. The predicted octanol–water partition coefficient (Wildman–Crippen LogP) is 2.84. The molecule has 0 bridgehead atoms. The fourth-order valence-corrected chi connectivity index (χ4v) is 4.36. The maximum Gasteiger partial charge on any atom is 0.304 e. The van der Waals surface area contributed by atoms with Crippen molar-refractivity contribution in [3.63, 3.8) is 0 Å². The standard InChI is InChI=1S/C25H21N5O4/c31-22(27-13-21-28-19-9-5-11-26-24(19)29-21)14-30-20-10-4-3-7-16(20)18(12-23(32)33)15-6-1-2-8-17(15)25(30)34/h1-11,18H,12-14H2,(H,27,31)(H,32,33)(H,26,28,29). The average Bonchev–Trinajstić information content (AvgIpc) is 3.24. The van der Waals surface area contributed by atoms with E-state index in [1.807, 2.05) is 12.1 Å². The van der Waals surface area contributed by atoms with E-state index in [2.05, 4.69) is 20.3 Å². The number of pyridine rings is 1. The molecule has 0 spiro atoms.